The summed E-state index contributed by atoms with van der Waals surface area (Å²) in [6.45, 7) is 1.77. The van der Waals surface area contributed by atoms with Gasteiger partial charge in [-0.3, -0.25) is 9.59 Å². The zero-order chi connectivity index (χ0) is 17.1. The molecule has 2 heterocycles. The van der Waals surface area contributed by atoms with Crippen molar-refractivity contribution in [1.82, 2.24) is 15.5 Å². The maximum Gasteiger partial charge on any atom is 0.252 e. The molecule has 1 aromatic rings. The van der Waals surface area contributed by atoms with Crippen LogP contribution in [0.4, 0.5) is 4.39 Å². The van der Waals surface area contributed by atoms with Crippen LogP contribution in [0.25, 0.3) is 0 Å². The summed E-state index contributed by atoms with van der Waals surface area (Å²) in [5.74, 6) is -0.791. The van der Waals surface area contributed by atoms with E-state index in [1.807, 2.05) is 4.90 Å². The number of fused-ring (bicyclic) bond motifs is 2. The number of benzene rings is 1. The molecule has 2 aliphatic rings. The number of hydrogen-bond donors (Lipinski definition) is 2. The van der Waals surface area contributed by atoms with Crippen LogP contribution in [0, 0.1) is 5.82 Å². The minimum absolute atomic E-state index is 0. The molecule has 2 unspecified atom stereocenters. The van der Waals surface area contributed by atoms with E-state index in [2.05, 4.69) is 26.6 Å². The van der Waals surface area contributed by atoms with Crippen molar-refractivity contribution in [1.29, 1.82) is 0 Å². The van der Waals surface area contributed by atoms with Crippen LogP contribution in [-0.2, 0) is 4.79 Å². The molecular weight excluding hydrogens is 413 g/mol. The molecule has 5 nitrogen and oxygen atoms in total. The lowest BCUT2D eigenvalue weighted by molar-refractivity contribution is -0.131. The van der Waals surface area contributed by atoms with Gasteiger partial charge >= 0.3 is 0 Å². The topological polar surface area (TPSA) is 61.4 Å². The van der Waals surface area contributed by atoms with Crippen molar-refractivity contribution in [2.75, 3.05) is 19.6 Å². The van der Waals surface area contributed by atoms with Crippen molar-refractivity contribution in [2.45, 2.75) is 37.8 Å². The van der Waals surface area contributed by atoms with E-state index in [0.717, 1.165) is 25.9 Å². The second-order valence-electron chi connectivity index (χ2n) is 6.40. The molecule has 2 amide bonds. The first-order valence-corrected chi connectivity index (χ1v) is 9.09. The molecule has 1 aromatic carbocycles. The van der Waals surface area contributed by atoms with Crippen LogP contribution in [0.15, 0.2) is 22.7 Å². The quantitative estimate of drug-likeness (QED) is 0.765. The molecule has 8 heteroatoms. The fourth-order valence-electron chi connectivity index (χ4n) is 3.38. The van der Waals surface area contributed by atoms with E-state index in [4.69, 9.17) is 0 Å². The van der Waals surface area contributed by atoms with Crippen molar-refractivity contribution in [3.8, 4) is 0 Å². The number of hydrogen-bond acceptors (Lipinski definition) is 3. The maximum absolute atomic E-state index is 13.2. The molecule has 0 aromatic heterocycles. The highest BCUT2D eigenvalue weighted by atomic mass is 79.9. The Morgan fingerprint density at radius 1 is 1.28 bits per heavy atom. The van der Waals surface area contributed by atoms with Gasteiger partial charge in [-0.1, -0.05) is 0 Å². The molecule has 2 fully saturated rings. The first kappa shape index (κ1) is 20.1. The Balaban J connectivity index is 0.00000225. The van der Waals surface area contributed by atoms with E-state index >= 15 is 0 Å². The molecule has 2 aliphatic heterocycles. The molecule has 138 valence electrons. The number of halogens is 3. The van der Waals surface area contributed by atoms with Gasteiger partial charge in [-0.25, -0.2) is 4.39 Å². The smallest absolute Gasteiger partial charge is 0.252 e. The van der Waals surface area contributed by atoms with Gasteiger partial charge in [0.1, 0.15) is 5.82 Å². The van der Waals surface area contributed by atoms with E-state index in [1.54, 1.807) is 0 Å². The van der Waals surface area contributed by atoms with E-state index in [0.29, 0.717) is 16.6 Å². The Labute approximate surface area is 161 Å². The number of rotatable bonds is 4. The summed E-state index contributed by atoms with van der Waals surface area (Å²) >= 11 is 3.23. The first-order valence-electron chi connectivity index (χ1n) is 8.30. The van der Waals surface area contributed by atoms with Crippen LogP contribution in [-0.4, -0.2) is 48.4 Å². The molecule has 2 atom stereocenters. The van der Waals surface area contributed by atoms with Crippen LogP contribution in [0.1, 0.15) is 36.0 Å². The summed E-state index contributed by atoms with van der Waals surface area (Å²) in [7, 11) is 0. The molecule has 0 aliphatic carbocycles. The van der Waals surface area contributed by atoms with Gasteiger partial charge < -0.3 is 15.5 Å². The van der Waals surface area contributed by atoms with Crippen LogP contribution >= 0.6 is 28.3 Å². The van der Waals surface area contributed by atoms with Gasteiger partial charge in [0.2, 0.25) is 5.91 Å². The average molecular weight is 435 g/mol. The fraction of sp³-hybridized carbons (Fsp3) is 0.529. The predicted molar refractivity (Wildman–Crippen MR) is 99.4 cm³/mol. The third-order valence-electron chi connectivity index (χ3n) is 4.67. The molecule has 0 spiro atoms. The van der Waals surface area contributed by atoms with Gasteiger partial charge in [0, 0.05) is 42.6 Å². The largest absolute Gasteiger partial charge is 0.351 e. The van der Waals surface area contributed by atoms with Crippen molar-refractivity contribution in [2.24, 2.45) is 0 Å². The SMILES string of the molecule is Cl.O=C(NCCC(=O)N1CCC2CCC(C1)N2)c1cc(F)ccc1Br. The Bertz CT molecular complexity index is 646. The lowest BCUT2D eigenvalue weighted by Gasteiger charge is -2.24. The zero-order valence-corrected chi connectivity index (χ0v) is 16.2. The highest BCUT2D eigenvalue weighted by molar-refractivity contribution is 9.10. The van der Waals surface area contributed by atoms with Gasteiger partial charge in [0.05, 0.1) is 5.56 Å². The average Bonchev–Trinajstić information content (AvgIpc) is 2.88. The summed E-state index contributed by atoms with van der Waals surface area (Å²) < 4.78 is 13.8. The predicted octanol–water partition coefficient (Wildman–Crippen LogP) is 2.48. The molecular formula is C17H22BrClFN3O2. The Morgan fingerprint density at radius 3 is 2.84 bits per heavy atom. The minimum atomic E-state index is -0.466. The summed E-state index contributed by atoms with van der Waals surface area (Å²) in [6, 6.07) is 4.90. The first-order chi connectivity index (χ1) is 11.5. The Kier molecular flexibility index (Phi) is 7.22. The monoisotopic (exact) mass is 433 g/mol. The van der Waals surface area contributed by atoms with Crippen molar-refractivity contribution < 1.29 is 14.0 Å². The van der Waals surface area contributed by atoms with Gasteiger partial charge in [-0.15, -0.1) is 12.4 Å². The van der Waals surface area contributed by atoms with Crippen LogP contribution in [0.2, 0.25) is 0 Å². The molecule has 2 N–H and O–H groups in total. The Hall–Kier alpha value is -1.18. The van der Waals surface area contributed by atoms with Gasteiger partial charge in [-0.05, 0) is 53.4 Å². The molecule has 0 saturated carbocycles. The van der Waals surface area contributed by atoms with Crippen LogP contribution < -0.4 is 10.6 Å². The normalized spacial score (nSPS) is 22.1. The number of carbonyl (C=O) groups is 2. The lowest BCUT2D eigenvalue weighted by Crippen LogP contribution is -2.40. The number of nitrogens with zero attached hydrogens (tertiary/aromatic N) is 1. The highest BCUT2D eigenvalue weighted by Crippen LogP contribution is 2.21. The van der Waals surface area contributed by atoms with Gasteiger partial charge in [0.25, 0.3) is 5.91 Å². The summed E-state index contributed by atoms with van der Waals surface area (Å²) in [5, 5.41) is 6.23. The van der Waals surface area contributed by atoms with Crippen LogP contribution in [0.5, 0.6) is 0 Å². The summed E-state index contributed by atoms with van der Waals surface area (Å²) in [6.07, 6.45) is 3.57. The van der Waals surface area contributed by atoms with E-state index in [9.17, 15) is 14.0 Å². The minimum Gasteiger partial charge on any atom is -0.351 e. The van der Waals surface area contributed by atoms with Crippen molar-refractivity contribution >= 4 is 40.2 Å². The Morgan fingerprint density at radius 2 is 2.04 bits per heavy atom. The molecule has 2 saturated heterocycles. The molecule has 25 heavy (non-hydrogen) atoms. The number of amides is 2. The second kappa shape index (κ2) is 8.96. The fourth-order valence-corrected chi connectivity index (χ4v) is 3.80. The van der Waals surface area contributed by atoms with Gasteiger partial charge in [0.15, 0.2) is 0 Å². The summed E-state index contributed by atoms with van der Waals surface area (Å²) in [5.41, 5.74) is 0.235. The standard InChI is InChI=1S/C17H21BrFN3O2.ClH/c18-15-4-1-11(19)9-14(15)17(24)20-7-5-16(23)22-8-6-12-2-3-13(10-22)21-12;/h1,4,9,12-13,21H,2-3,5-8,10H2,(H,20,24);1H. The number of nitrogens with one attached hydrogen (secondary N) is 2. The number of likely N-dealkylation sites (tertiary alicyclic amines) is 1. The van der Waals surface area contributed by atoms with E-state index in [-0.39, 0.29) is 42.8 Å². The van der Waals surface area contributed by atoms with Crippen molar-refractivity contribution in [3.05, 3.63) is 34.1 Å². The molecule has 3 rings (SSSR count). The third-order valence-corrected chi connectivity index (χ3v) is 5.36. The zero-order valence-electron chi connectivity index (χ0n) is 13.8. The van der Waals surface area contributed by atoms with Gasteiger partial charge in [-0.2, -0.15) is 0 Å². The highest BCUT2D eigenvalue weighted by Gasteiger charge is 2.30. The maximum atomic E-state index is 13.2. The summed E-state index contributed by atoms with van der Waals surface area (Å²) in [4.78, 5) is 26.3. The van der Waals surface area contributed by atoms with Crippen molar-refractivity contribution in [3.63, 3.8) is 0 Å². The lowest BCUT2D eigenvalue weighted by atomic mass is 10.1. The van der Waals surface area contributed by atoms with E-state index in [1.165, 1.54) is 24.6 Å². The van der Waals surface area contributed by atoms with E-state index < -0.39 is 5.82 Å². The third kappa shape index (κ3) is 5.15. The second-order valence-corrected chi connectivity index (χ2v) is 7.25. The number of carbonyl (C=O) groups excluding carboxylic acids is 2. The van der Waals surface area contributed by atoms with Crippen LogP contribution in [0.3, 0.4) is 0 Å². The molecule has 0 radical (unpaired) electrons. The molecule has 2 bridgehead atoms.